The first kappa shape index (κ1) is 20.0. The minimum atomic E-state index is -0.604. The summed E-state index contributed by atoms with van der Waals surface area (Å²) in [5, 5.41) is 0. The number of nitrogens with zero attached hydrogens (tertiary/aromatic N) is 2. The Kier molecular flexibility index (Phi) is 5.44. The van der Waals surface area contributed by atoms with E-state index in [-0.39, 0.29) is 5.91 Å². The maximum absolute atomic E-state index is 13.5. The molecule has 1 saturated carbocycles. The Balaban J connectivity index is 1.77. The van der Waals surface area contributed by atoms with Crippen LogP contribution in [0.25, 0.3) is 0 Å². The van der Waals surface area contributed by atoms with Gasteiger partial charge < -0.3 is 9.47 Å². The highest BCUT2D eigenvalue weighted by Crippen LogP contribution is 2.43. The van der Waals surface area contributed by atoms with E-state index in [1.165, 1.54) is 0 Å². The second-order valence-corrected chi connectivity index (χ2v) is 8.51. The predicted octanol–water partition coefficient (Wildman–Crippen LogP) is 5.01. The molecule has 1 amide bonds. The lowest BCUT2D eigenvalue weighted by atomic mass is 10.1. The van der Waals surface area contributed by atoms with Crippen molar-refractivity contribution in [1.29, 1.82) is 0 Å². The predicted molar refractivity (Wildman–Crippen MR) is 120 cm³/mol. The van der Waals surface area contributed by atoms with E-state index in [1.54, 1.807) is 25.2 Å². The summed E-state index contributed by atoms with van der Waals surface area (Å²) in [5.41, 5.74) is 1.43. The lowest BCUT2D eigenvalue weighted by molar-refractivity contribution is 0.0724. The van der Waals surface area contributed by atoms with Gasteiger partial charge in [0, 0.05) is 21.7 Å². The van der Waals surface area contributed by atoms with E-state index in [9.17, 15) is 4.79 Å². The fourth-order valence-corrected chi connectivity index (χ4v) is 4.69. The summed E-state index contributed by atoms with van der Waals surface area (Å²) in [5.74, 6) is 1.20. The Morgan fingerprint density at radius 1 is 1.07 bits per heavy atom. The minimum absolute atomic E-state index is 0.113. The van der Waals surface area contributed by atoms with E-state index in [1.807, 2.05) is 36.4 Å². The highest BCUT2D eigenvalue weighted by molar-refractivity contribution is 9.10. The van der Waals surface area contributed by atoms with Crippen LogP contribution in [0.2, 0.25) is 0 Å². The van der Waals surface area contributed by atoms with Crippen LogP contribution in [-0.4, -0.2) is 41.4 Å². The topological polar surface area (TPSA) is 51.1 Å². The third-order valence-electron chi connectivity index (χ3n) is 5.47. The molecule has 0 N–H and O–H groups in total. The molecule has 7 heteroatoms. The van der Waals surface area contributed by atoms with Crippen molar-refractivity contribution in [2.24, 2.45) is 4.99 Å². The molecule has 0 bridgehead atoms. The zero-order valence-corrected chi connectivity index (χ0v) is 18.7. The van der Waals surface area contributed by atoms with Gasteiger partial charge in [-0.15, -0.1) is 0 Å². The van der Waals surface area contributed by atoms with Crippen LogP contribution in [0, 0.1) is 0 Å². The standard InChI is InChI=1S/C22H21BrN2O3S/c1-27-17-11-15(12-18(13-17)28-2)19-21(29)25(22(24-19)9-3-4-10-22)20(26)14-5-7-16(23)8-6-14/h5-8,11-13H,3-4,9-10H2,1-2H3. The maximum Gasteiger partial charge on any atom is 0.260 e. The van der Waals surface area contributed by atoms with Crippen molar-refractivity contribution in [3.8, 4) is 11.5 Å². The number of carbonyl (C=O) groups is 1. The van der Waals surface area contributed by atoms with E-state index in [4.69, 9.17) is 26.7 Å². The first-order valence-electron chi connectivity index (χ1n) is 9.45. The largest absolute Gasteiger partial charge is 0.497 e. The van der Waals surface area contributed by atoms with Gasteiger partial charge in [-0.1, -0.05) is 28.1 Å². The van der Waals surface area contributed by atoms with Crippen molar-refractivity contribution in [3.63, 3.8) is 0 Å². The number of hydrogen-bond acceptors (Lipinski definition) is 5. The summed E-state index contributed by atoms with van der Waals surface area (Å²) in [6.07, 6.45) is 3.65. The summed E-state index contributed by atoms with van der Waals surface area (Å²) in [6, 6.07) is 12.9. The van der Waals surface area contributed by atoms with E-state index < -0.39 is 5.66 Å². The number of thiocarbonyl (C=S) groups is 1. The Bertz CT molecular complexity index is 975. The van der Waals surface area contributed by atoms with E-state index in [2.05, 4.69) is 15.9 Å². The Morgan fingerprint density at radius 3 is 2.21 bits per heavy atom. The first-order valence-corrected chi connectivity index (χ1v) is 10.7. The quantitative estimate of drug-likeness (QED) is 0.586. The SMILES string of the molecule is COc1cc(OC)cc(C2=NC3(CCCC3)N(C(=O)c3ccc(Br)cc3)C2=S)c1. The lowest BCUT2D eigenvalue weighted by Gasteiger charge is -2.32. The number of aliphatic imine (C=N–C) groups is 1. The number of methoxy groups -OCH3 is 2. The average molecular weight is 473 g/mol. The van der Waals surface area contributed by atoms with Crippen molar-refractivity contribution >= 4 is 44.8 Å². The fraction of sp³-hybridized carbons (Fsp3) is 0.318. The molecule has 0 unspecified atom stereocenters. The Hall–Kier alpha value is -2.25. The van der Waals surface area contributed by atoms with Crippen LogP contribution in [0.15, 0.2) is 51.9 Å². The van der Waals surface area contributed by atoms with E-state index in [0.717, 1.165) is 35.7 Å². The summed E-state index contributed by atoms with van der Waals surface area (Å²) in [4.78, 5) is 20.7. The molecule has 0 radical (unpaired) electrons. The molecule has 2 aromatic carbocycles. The Morgan fingerprint density at radius 2 is 1.66 bits per heavy atom. The van der Waals surface area contributed by atoms with Gasteiger partial charge in [-0.05, 0) is 62.1 Å². The lowest BCUT2D eigenvalue weighted by Crippen LogP contribution is -2.48. The molecule has 1 spiro atoms. The molecule has 4 rings (SSSR count). The zero-order chi connectivity index (χ0) is 20.6. The number of benzene rings is 2. The minimum Gasteiger partial charge on any atom is -0.497 e. The molecule has 1 aliphatic carbocycles. The van der Waals surface area contributed by atoms with Crippen molar-refractivity contribution in [3.05, 3.63) is 58.1 Å². The third-order valence-corrected chi connectivity index (χ3v) is 6.37. The van der Waals surface area contributed by atoms with Gasteiger partial charge in [0.1, 0.15) is 27.9 Å². The van der Waals surface area contributed by atoms with Crippen LogP contribution < -0.4 is 9.47 Å². The molecule has 0 atom stereocenters. The number of rotatable bonds is 4. The van der Waals surface area contributed by atoms with Crippen molar-refractivity contribution in [1.82, 2.24) is 4.90 Å². The third kappa shape index (κ3) is 3.57. The van der Waals surface area contributed by atoms with E-state index in [0.29, 0.717) is 27.8 Å². The van der Waals surface area contributed by atoms with Crippen molar-refractivity contribution < 1.29 is 14.3 Å². The molecule has 2 aliphatic rings. The molecule has 1 aliphatic heterocycles. The van der Waals surface area contributed by atoms with Gasteiger partial charge in [-0.2, -0.15) is 0 Å². The van der Waals surface area contributed by atoms with Gasteiger partial charge in [0.25, 0.3) is 5.91 Å². The highest BCUT2D eigenvalue weighted by Gasteiger charge is 2.50. The molecular weight excluding hydrogens is 452 g/mol. The van der Waals surface area contributed by atoms with Crippen LogP contribution in [0.3, 0.4) is 0 Å². The number of halogens is 1. The molecular formula is C22H21BrN2O3S. The van der Waals surface area contributed by atoms with Gasteiger partial charge >= 0.3 is 0 Å². The zero-order valence-electron chi connectivity index (χ0n) is 16.3. The van der Waals surface area contributed by atoms with Gasteiger partial charge in [-0.25, -0.2) is 0 Å². The van der Waals surface area contributed by atoms with Gasteiger partial charge in [0.15, 0.2) is 0 Å². The van der Waals surface area contributed by atoms with Gasteiger partial charge in [-0.3, -0.25) is 14.7 Å². The second kappa shape index (κ2) is 7.88. The van der Waals surface area contributed by atoms with Gasteiger partial charge in [0.05, 0.1) is 14.2 Å². The smallest absolute Gasteiger partial charge is 0.260 e. The molecule has 1 heterocycles. The first-order chi connectivity index (χ1) is 14.0. The summed E-state index contributed by atoms with van der Waals surface area (Å²) in [6.45, 7) is 0. The molecule has 2 aromatic rings. The van der Waals surface area contributed by atoms with Crippen molar-refractivity contribution in [2.75, 3.05) is 14.2 Å². The molecule has 5 nitrogen and oxygen atoms in total. The number of hydrogen-bond donors (Lipinski definition) is 0. The molecule has 1 fully saturated rings. The maximum atomic E-state index is 13.5. The highest BCUT2D eigenvalue weighted by atomic mass is 79.9. The monoisotopic (exact) mass is 472 g/mol. The van der Waals surface area contributed by atoms with E-state index >= 15 is 0 Å². The summed E-state index contributed by atoms with van der Waals surface area (Å²) in [7, 11) is 3.21. The van der Waals surface area contributed by atoms with Crippen LogP contribution in [0.1, 0.15) is 41.6 Å². The van der Waals surface area contributed by atoms with Crippen LogP contribution in [-0.2, 0) is 0 Å². The number of amides is 1. The van der Waals surface area contributed by atoms with Crippen LogP contribution >= 0.6 is 28.1 Å². The summed E-state index contributed by atoms with van der Waals surface area (Å²) < 4.78 is 11.7. The molecule has 29 heavy (non-hydrogen) atoms. The van der Waals surface area contributed by atoms with Gasteiger partial charge in [0.2, 0.25) is 0 Å². The van der Waals surface area contributed by atoms with Crippen LogP contribution in [0.4, 0.5) is 0 Å². The Labute approximate surface area is 183 Å². The number of ether oxygens (including phenoxy) is 2. The average Bonchev–Trinajstić information content (AvgIpc) is 3.32. The number of carbonyl (C=O) groups excluding carboxylic acids is 1. The second-order valence-electron chi connectivity index (χ2n) is 7.20. The van der Waals surface area contributed by atoms with Crippen molar-refractivity contribution in [2.45, 2.75) is 31.3 Å². The summed E-state index contributed by atoms with van der Waals surface area (Å²) >= 11 is 9.22. The normalized spacial score (nSPS) is 17.6. The van der Waals surface area contributed by atoms with Crippen LogP contribution in [0.5, 0.6) is 11.5 Å². The molecule has 0 aromatic heterocycles. The molecule has 150 valence electrons. The fourth-order valence-electron chi connectivity index (χ4n) is 4.01. The molecule has 0 saturated heterocycles.